The number of para-hydroxylation sites is 2. The number of benzene rings is 2. The summed E-state index contributed by atoms with van der Waals surface area (Å²) in [7, 11) is 1.92. The standard InChI is InChI=1S/C22H26N4O/c1-16-24-20-5-3-4-6-21(20)26(16)15-17-7-9-18(10-8-17)22(27)25(2)19-11-13-23-14-12-19/h3-10,19,23H,11-15H2,1-2H3. The smallest absolute Gasteiger partial charge is 0.253 e. The second-order valence-corrected chi connectivity index (χ2v) is 7.33. The summed E-state index contributed by atoms with van der Waals surface area (Å²) in [6.45, 7) is 4.76. The summed E-state index contributed by atoms with van der Waals surface area (Å²) in [5, 5.41) is 3.35. The summed E-state index contributed by atoms with van der Waals surface area (Å²) in [6.07, 6.45) is 2.04. The van der Waals surface area contributed by atoms with Gasteiger partial charge in [0.15, 0.2) is 0 Å². The van der Waals surface area contributed by atoms with Crippen molar-refractivity contribution in [2.75, 3.05) is 20.1 Å². The summed E-state index contributed by atoms with van der Waals surface area (Å²) >= 11 is 0. The molecule has 0 unspecified atom stereocenters. The van der Waals surface area contributed by atoms with Crippen LogP contribution in [0.5, 0.6) is 0 Å². The molecular weight excluding hydrogens is 336 g/mol. The van der Waals surface area contributed by atoms with Crippen molar-refractivity contribution in [2.24, 2.45) is 0 Å². The van der Waals surface area contributed by atoms with Gasteiger partial charge in [0.25, 0.3) is 5.91 Å². The average Bonchev–Trinajstić information content (AvgIpc) is 3.03. The first kappa shape index (κ1) is 17.7. The van der Waals surface area contributed by atoms with Gasteiger partial charge in [-0.15, -0.1) is 0 Å². The molecule has 1 aromatic heterocycles. The third-order valence-electron chi connectivity index (χ3n) is 5.56. The van der Waals surface area contributed by atoms with Gasteiger partial charge in [-0.25, -0.2) is 4.98 Å². The molecule has 3 aromatic rings. The second kappa shape index (κ2) is 7.53. The normalized spacial score (nSPS) is 15.2. The predicted octanol–water partition coefficient (Wildman–Crippen LogP) is 3.22. The van der Waals surface area contributed by atoms with E-state index in [1.165, 1.54) is 5.56 Å². The molecule has 0 radical (unpaired) electrons. The first-order valence-electron chi connectivity index (χ1n) is 9.62. The zero-order valence-electron chi connectivity index (χ0n) is 16.0. The minimum atomic E-state index is 0.109. The number of fused-ring (bicyclic) bond motifs is 1. The van der Waals surface area contributed by atoms with Crippen molar-refractivity contribution in [1.29, 1.82) is 0 Å². The SMILES string of the molecule is Cc1nc2ccccc2n1Cc1ccc(C(=O)N(C)C2CCNCC2)cc1. The summed E-state index contributed by atoms with van der Waals surface area (Å²) < 4.78 is 2.22. The Morgan fingerprint density at radius 1 is 1.15 bits per heavy atom. The summed E-state index contributed by atoms with van der Waals surface area (Å²) in [4.78, 5) is 19.3. The van der Waals surface area contributed by atoms with Gasteiger partial charge in [0.05, 0.1) is 11.0 Å². The highest BCUT2D eigenvalue weighted by molar-refractivity contribution is 5.94. The fraction of sp³-hybridized carbons (Fsp3) is 0.364. The first-order chi connectivity index (χ1) is 13.1. The Hall–Kier alpha value is -2.66. The zero-order valence-corrected chi connectivity index (χ0v) is 16.0. The zero-order chi connectivity index (χ0) is 18.8. The van der Waals surface area contributed by atoms with E-state index >= 15 is 0 Å². The maximum Gasteiger partial charge on any atom is 0.253 e. The Balaban J connectivity index is 1.50. The van der Waals surface area contributed by atoms with Gasteiger partial charge >= 0.3 is 0 Å². The van der Waals surface area contributed by atoms with Crippen LogP contribution in [0.15, 0.2) is 48.5 Å². The Labute approximate surface area is 160 Å². The molecule has 1 N–H and O–H groups in total. The number of hydrogen-bond donors (Lipinski definition) is 1. The molecule has 5 heteroatoms. The quantitative estimate of drug-likeness (QED) is 0.775. The molecule has 0 spiro atoms. The molecular formula is C22H26N4O. The third kappa shape index (κ3) is 3.60. The molecule has 140 valence electrons. The number of amides is 1. The third-order valence-corrected chi connectivity index (χ3v) is 5.56. The Bertz CT molecular complexity index is 939. The molecule has 27 heavy (non-hydrogen) atoms. The van der Waals surface area contributed by atoms with Crippen LogP contribution in [0.4, 0.5) is 0 Å². The number of piperidine rings is 1. The van der Waals surface area contributed by atoms with Crippen LogP contribution in [0.3, 0.4) is 0 Å². The number of imidazole rings is 1. The molecule has 2 heterocycles. The van der Waals surface area contributed by atoms with Gasteiger partial charge in [-0.3, -0.25) is 4.79 Å². The molecule has 1 amide bonds. The molecule has 5 nitrogen and oxygen atoms in total. The van der Waals surface area contributed by atoms with Gasteiger partial charge in [0.1, 0.15) is 5.82 Å². The fourth-order valence-corrected chi connectivity index (χ4v) is 3.89. The lowest BCUT2D eigenvalue weighted by atomic mass is 10.0. The van der Waals surface area contributed by atoms with E-state index in [9.17, 15) is 4.79 Å². The molecule has 0 aliphatic carbocycles. The lowest BCUT2D eigenvalue weighted by Gasteiger charge is -2.31. The number of aromatic nitrogens is 2. The van der Waals surface area contributed by atoms with Crippen LogP contribution < -0.4 is 5.32 Å². The topological polar surface area (TPSA) is 50.2 Å². The number of hydrogen-bond acceptors (Lipinski definition) is 3. The molecule has 1 fully saturated rings. The lowest BCUT2D eigenvalue weighted by molar-refractivity contribution is 0.0703. The Morgan fingerprint density at radius 3 is 2.59 bits per heavy atom. The van der Waals surface area contributed by atoms with Gasteiger partial charge in [0, 0.05) is 25.2 Å². The van der Waals surface area contributed by atoms with Crippen LogP contribution in [-0.4, -0.2) is 46.5 Å². The molecule has 1 aliphatic rings. The second-order valence-electron chi connectivity index (χ2n) is 7.33. The van der Waals surface area contributed by atoms with Crippen LogP contribution in [0, 0.1) is 6.92 Å². The number of nitrogens with zero attached hydrogens (tertiary/aromatic N) is 3. The molecule has 2 aromatic carbocycles. The Morgan fingerprint density at radius 2 is 1.85 bits per heavy atom. The number of aryl methyl sites for hydroxylation is 1. The van der Waals surface area contributed by atoms with E-state index < -0.39 is 0 Å². The van der Waals surface area contributed by atoms with Crippen LogP contribution in [0.25, 0.3) is 11.0 Å². The van der Waals surface area contributed by atoms with Crippen LogP contribution in [0.1, 0.15) is 34.6 Å². The number of rotatable bonds is 4. The monoisotopic (exact) mass is 362 g/mol. The van der Waals surface area contributed by atoms with Gasteiger partial charge < -0.3 is 14.8 Å². The fourth-order valence-electron chi connectivity index (χ4n) is 3.89. The van der Waals surface area contributed by atoms with Crippen molar-refractivity contribution in [3.05, 3.63) is 65.5 Å². The van der Waals surface area contributed by atoms with Gasteiger partial charge in [0.2, 0.25) is 0 Å². The van der Waals surface area contributed by atoms with Crippen LogP contribution >= 0.6 is 0 Å². The highest BCUT2D eigenvalue weighted by Gasteiger charge is 2.22. The minimum absolute atomic E-state index is 0.109. The summed E-state index contributed by atoms with van der Waals surface area (Å²) in [5.74, 6) is 1.11. The molecule has 0 saturated carbocycles. The van der Waals surface area contributed by atoms with Gasteiger partial charge in [-0.05, 0) is 62.7 Å². The van der Waals surface area contributed by atoms with E-state index in [2.05, 4.69) is 33.1 Å². The molecule has 0 bridgehead atoms. The van der Waals surface area contributed by atoms with Crippen molar-refractivity contribution in [1.82, 2.24) is 19.8 Å². The van der Waals surface area contributed by atoms with Crippen molar-refractivity contribution in [3.8, 4) is 0 Å². The first-order valence-corrected chi connectivity index (χ1v) is 9.62. The molecule has 4 rings (SSSR count). The van der Waals surface area contributed by atoms with E-state index in [1.807, 2.05) is 49.2 Å². The van der Waals surface area contributed by atoms with E-state index in [0.29, 0.717) is 6.04 Å². The van der Waals surface area contributed by atoms with Gasteiger partial charge in [-0.2, -0.15) is 0 Å². The maximum absolute atomic E-state index is 12.8. The number of carbonyl (C=O) groups is 1. The van der Waals surface area contributed by atoms with E-state index in [0.717, 1.165) is 54.9 Å². The van der Waals surface area contributed by atoms with E-state index in [4.69, 9.17) is 0 Å². The van der Waals surface area contributed by atoms with Crippen molar-refractivity contribution in [3.63, 3.8) is 0 Å². The van der Waals surface area contributed by atoms with Crippen LogP contribution in [0.2, 0.25) is 0 Å². The highest BCUT2D eigenvalue weighted by Crippen LogP contribution is 2.19. The summed E-state index contributed by atoms with van der Waals surface area (Å²) in [5.41, 5.74) is 4.08. The van der Waals surface area contributed by atoms with Crippen LogP contribution in [-0.2, 0) is 6.54 Å². The van der Waals surface area contributed by atoms with E-state index in [-0.39, 0.29) is 5.91 Å². The largest absolute Gasteiger partial charge is 0.339 e. The maximum atomic E-state index is 12.8. The minimum Gasteiger partial charge on any atom is -0.339 e. The molecule has 1 saturated heterocycles. The van der Waals surface area contributed by atoms with Crippen molar-refractivity contribution in [2.45, 2.75) is 32.4 Å². The van der Waals surface area contributed by atoms with Crippen molar-refractivity contribution >= 4 is 16.9 Å². The van der Waals surface area contributed by atoms with Crippen molar-refractivity contribution < 1.29 is 4.79 Å². The lowest BCUT2D eigenvalue weighted by Crippen LogP contribution is -2.43. The average molecular weight is 362 g/mol. The summed E-state index contributed by atoms with van der Waals surface area (Å²) in [6, 6.07) is 16.5. The Kier molecular flexibility index (Phi) is 4.94. The highest BCUT2D eigenvalue weighted by atomic mass is 16.2. The molecule has 1 aliphatic heterocycles. The predicted molar refractivity (Wildman–Crippen MR) is 108 cm³/mol. The number of carbonyl (C=O) groups excluding carboxylic acids is 1. The van der Waals surface area contributed by atoms with E-state index in [1.54, 1.807) is 0 Å². The molecule has 0 atom stereocenters. The van der Waals surface area contributed by atoms with Gasteiger partial charge in [-0.1, -0.05) is 24.3 Å². The number of nitrogens with one attached hydrogen (secondary N) is 1.